The van der Waals surface area contributed by atoms with Crippen LogP contribution in [0.15, 0.2) is 36.7 Å². The second kappa shape index (κ2) is 7.25. The number of nitrogens with zero attached hydrogens (tertiary/aromatic N) is 5. The standard InChI is InChI=1S/C17H21N5O2/c1-21(2)15-5-6-16(20-19-15)24-14-7-9-22(12-14)17(23)10-13-4-3-8-18-11-13/h3-6,8,11,14H,7,9-10,12H2,1-2H3. The molecule has 2 aromatic heterocycles. The lowest BCUT2D eigenvalue weighted by atomic mass is 10.2. The number of aromatic nitrogens is 3. The molecule has 3 heterocycles. The van der Waals surface area contributed by atoms with Crippen molar-refractivity contribution in [2.75, 3.05) is 32.1 Å². The van der Waals surface area contributed by atoms with Crippen LogP contribution in [0.2, 0.25) is 0 Å². The predicted octanol–water partition coefficient (Wildman–Crippen LogP) is 1.16. The third kappa shape index (κ3) is 3.98. The van der Waals surface area contributed by atoms with Gasteiger partial charge in [-0.05, 0) is 17.7 Å². The molecule has 1 amide bonds. The Morgan fingerprint density at radius 2 is 2.21 bits per heavy atom. The van der Waals surface area contributed by atoms with Crippen molar-refractivity contribution in [2.24, 2.45) is 0 Å². The van der Waals surface area contributed by atoms with E-state index in [0.29, 0.717) is 25.4 Å². The number of pyridine rings is 1. The van der Waals surface area contributed by atoms with Gasteiger partial charge < -0.3 is 14.5 Å². The summed E-state index contributed by atoms with van der Waals surface area (Å²) in [7, 11) is 3.82. The first-order chi connectivity index (χ1) is 11.6. The average Bonchev–Trinajstić information content (AvgIpc) is 3.05. The van der Waals surface area contributed by atoms with Crippen molar-refractivity contribution in [3.63, 3.8) is 0 Å². The van der Waals surface area contributed by atoms with E-state index in [9.17, 15) is 4.79 Å². The molecule has 2 aromatic rings. The molecule has 1 aliphatic heterocycles. The van der Waals surface area contributed by atoms with E-state index in [-0.39, 0.29) is 12.0 Å². The Morgan fingerprint density at radius 1 is 1.33 bits per heavy atom. The molecule has 1 unspecified atom stereocenters. The molecular weight excluding hydrogens is 306 g/mol. The van der Waals surface area contributed by atoms with E-state index in [1.165, 1.54) is 0 Å². The Bertz CT molecular complexity index is 675. The molecule has 0 spiro atoms. The van der Waals surface area contributed by atoms with Crippen LogP contribution in [0.25, 0.3) is 0 Å². The van der Waals surface area contributed by atoms with Crippen LogP contribution in [0.5, 0.6) is 5.88 Å². The summed E-state index contributed by atoms with van der Waals surface area (Å²) in [6, 6.07) is 7.43. The topological polar surface area (TPSA) is 71.5 Å². The largest absolute Gasteiger partial charge is 0.471 e. The van der Waals surface area contributed by atoms with Gasteiger partial charge in [0.25, 0.3) is 0 Å². The van der Waals surface area contributed by atoms with Crippen molar-refractivity contribution in [3.8, 4) is 5.88 Å². The quantitative estimate of drug-likeness (QED) is 0.821. The molecule has 1 fully saturated rings. The summed E-state index contributed by atoms with van der Waals surface area (Å²) in [6.45, 7) is 1.28. The summed E-state index contributed by atoms with van der Waals surface area (Å²) in [5.41, 5.74) is 0.928. The molecule has 0 N–H and O–H groups in total. The van der Waals surface area contributed by atoms with Gasteiger partial charge in [-0.25, -0.2) is 0 Å². The van der Waals surface area contributed by atoms with Gasteiger partial charge in [0.1, 0.15) is 6.10 Å². The van der Waals surface area contributed by atoms with E-state index >= 15 is 0 Å². The first-order valence-electron chi connectivity index (χ1n) is 7.96. The van der Waals surface area contributed by atoms with Gasteiger partial charge in [-0.15, -0.1) is 10.2 Å². The highest BCUT2D eigenvalue weighted by Gasteiger charge is 2.27. The monoisotopic (exact) mass is 327 g/mol. The summed E-state index contributed by atoms with van der Waals surface area (Å²) < 4.78 is 5.84. The third-order valence-electron chi connectivity index (χ3n) is 3.95. The van der Waals surface area contributed by atoms with Crippen molar-refractivity contribution in [1.29, 1.82) is 0 Å². The van der Waals surface area contributed by atoms with Crippen LogP contribution in [-0.4, -0.2) is 59.3 Å². The Balaban J connectivity index is 1.52. The molecule has 0 saturated carbocycles. The zero-order valence-electron chi connectivity index (χ0n) is 13.9. The van der Waals surface area contributed by atoms with Crippen molar-refractivity contribution < 1.29 is 9.53 Å². The van der Waals surface area contributed by atoms with Crippen LogP contribution in [0.3, 0.4) is 0 Å². The first kappa shape index (κ1) is 16.2. The Hall–Kier alpha value is -2.70. The van der Waals surface area contributed by atoms with Gasteiger partial charge in [-0.1, -0.05) is 6.07 Å². The highest BCUT2D eigenvalue weighted by Crippen LogP contribution is 2.18. The minimum atomic E-state index is -0.0395. The van der Waals surface area contributed by atoms with Gasteiger partial charge in [0.15, 0.2) is 5.82 Å². The van der Waals surface area contributed by atoms with E-state index in [1.54, 1.807) is 12.4 Å². The Kier molecular flexibility index (Phi) is 4.88. The van der Waals surface area contributed by atoms with E-state index < -0.39 is 0 Å². The van der Waals surface area contributed by atoms with Crippen molar-refractivity contribution in [3.05, 3.63) is 42.2 Å². The summed E-state index contributed by atoms with van der Waals surface area (Å²) >= 11 is 0. The molecule has 0 bridgehead atoms. The molecule has 1 atom stereocenters. The summed E-state index contributed by atoms with van der Waals surface area (Å²) in [6.07, 6.45) is 4.57. The van der Waals surface area contributed by atoms with Gasteiger partial charge in [0, 0.05) is 45.5 Å². The number of likely N-dealkylation sites (tertiary alicyclic amines) is 1. The van der Waals surface area contributed by atoms with E-state index in [0.717, 1.165) is 17.8 Å². The molecule has 7 nitrogen and oxygen atoms in total. The molecule has 0 aromatic carbocycles. The molecule has 1 saturated heterocycles. The maximum Gasteiger partial charge on any atom is 0.233 e. The zero-order valence-corrected chi connectivity index (χ0v) is 13.9. The van der Waals surface area contributed by atoms with Gasteiger partial charge >= 0.3 is 0 Å². The third-order valence-corrected chi connectivity index (χ3v) is 3.95. The van der Waals surface area contributed by atoms with Crippen LogP contribution in [-0.2, 0) is 11.2 Å². The van der Waals surface area contributed by atoms with Crippen LogP contribution in [0.4, 0.5) is 5.82 Å². The molecule has 126 valence electrons. The van der Waals surface area contributed by atoms with Crippen LogP contribution in [0.1, 0.15) is 12.0 Å². The minimum absolute atomic E-state index is 0.0395. The molecular formula is C17H21N5O2. The Morgan fingerprint density at radius 3 is 2.88 bits per heavy atom. The normalized spacial score (nSPS) is 16.9. The predicted molar refractivity (Wildman–Crippen MR) is 89.9 cm³/mol. The summed E-state index contributed by atoms with van der Waals surface area (Å²) in [5, 5.41) is 8.17. The van der Waals surface area contributed by atoms with Gasteiger partial charge in [0.05, 0.1) is 13.0 Å². The number of rotatable bonds is 5. The SMILES string of the molecule is CN(C)c1ccc(OC2CCN(C(=O)Cc3cccnc3)C2)nn1. The molecule has 0 radical (unpaired) electrons. The van der Waals surface area contributed by atoms with Gasteiger partial charge in [0.2, 0.25) is 11.8 Å². The minimum Gasteiger partial charge on any atom is -0.471 e. The van der Waals surface area contributed by atoms with Crippen LogP contribution >= 0.6 is 0 Å². The smallest absolute Gasteiger partial charge is 0.233 e. The molecule has 3 rings (SSSR count). The fourth-order valence-corrected chi connectivity index (χ4v) is 2.63. The van der Waals surface area contributed by atoms with E-state index in [2.05, 4.69) is 15.2 Å². The second-order valence-electron chi connectivity index (χ2n) is 6.03. The van der Waals surface area contributed by atoms with Crippen molar-refractivity contribution in [1.82, 2.24) is 20.1 Å². The Labute approximate surface area is 141 Å². The zero-order chi connectivity index (χ0) is 16.9. The van der Waals surface area contributed by atoms with Gasteiger partial charge in [-0.2, -0.15) is 0 Å². The van der Waals surface area contributed by atoms with Crippen molar-refractivity contribution in [2.45, 2.75) is 18.9 Å². The van der Waals surface area contributed by atoms with Crippen molar-refractivity contribution >= 4 is 11.7 Å². The number of carbonyl (C=O) groups is 1. The summed E-state index contributed by atoms with van der Waals surface area (Å²) in [4.78, 5) is 20.1. The fourth-order valence-electron chi connectivity index (χ4n) is 2.63. The molecule has 1 aliphatic rings. The van der Waals surface area contributed by atoms with E-state index in [1.807, 2.05) is 48.2 Å². The number of anilines is 1. The number of amides is 1. The number of ether oxygens (including phenoxy) is 1. The lowest BCUT2D eigenvalue weighted by Crippen LogP contribution is -2.32. The maximum atomic E-state index is 12.3. The highest BCUT2D eigenvalue weighted by molar-refractivity contribution is 5.79. The number of carbonyl (C=O) groups excluding carboxylic acids is 1. The second-order valence-corrected chi connectivity index (χ2v) is 6.03. The average molecular weight is 327 g/mol. The first-order valence-corrected chi connectivity index (χ1v) is 7.96. The fraction of sp³-hybridized carbons (Fsp3) is 0.412. The number of hydrogen-bond donors (Lipinski definition) is 0. The maximum absolute atomic E-state index is 12.3. The summed E-state index contributed by atoms with van der Waals surface area (Å²) in [5.74, 6) is 1.37. The van der Waals surface area contributed by atoms with Crippen LogP contribution in [0, 0.1) is 0 Å². The molecule has 24 heavy (non-hydrogen) atoms. The van der Waals surface area contributed by atoms with E-state index in [4.69, 9.17) is 4.74 Å². The van der Waals surface area contributed by atoms with Crippen LogP contribution < -0.4 is 9.64 Å². The van der Waals surface area contributed by atoms with Gasteiger partial charge in [-0.3, -0.25) is 9.78 Å². The molecule has 0 aliphatic carbocycles. The lowest BCUT2D eigenvalue weighted by molar-refractivity contribution is -0.129. The lowest BCUT2D eigenvalue weighted by Gasteiger charge is -2.17. The number of hydrogen-bond acceptors (Lipinski definition) is 6. The molecule has 7 heteroatoms. The highest BCUT2D eigenvalue weighted by atomic mass is 16.5.